The van der Waals surface area contributed by atoms with E-state index in [2.05, 4.69) is 135 Å². The van der Waals surface area contributed by atoms with E-state index < -0.39 is 0 Å². The summed E-state index contributed by atoms with van der Waals surface area (Å²) in [5, 5.41) is 0. The van der Waals surface area contributed by atoms with Crippen LogP contribution >= 0.6 is 0 Å². The molecule has 4 aromatic rings. The van der Waals surface area contributed by atoms with E-state index >= 15 is 0 Å². The third kappa shape index (κ3) is 5.59. The van der Waals surface area contributed by atoms with Gasteiger partial charge in [0.05, 0.1) is 0 Å². The second-order valence-electron chi connectivity index (χ2n) is 9.60. The molecule has 0 aliphatic heterocycles. The van der Waals surface area contributed by atoms with Gasteiger partial charge in [0, 0.05) is 23.8 Å². The lowest BCUT2D eigenvalue weighted by molar-refractivity contribution is 0.346. The summed E-state index contributed by atoms with van der Waals surface area (Å²) < 4.78 is 0. The van der Waals surface area contributed by atoms with Crippen molar-refractivity contribution in [2.24, 2.45) is 0 Å². The molecule has 0 aromatic heterocycles. The fraction of sp³-hybridized carbons (Fsp3) is 0.273. The summed E-state index contributed by atoms with van der Waals surface area (Å²) in [5.74, 6) is 0. The minimum Gasteiger partial charge on any atom is -0.345 e. The summed E-state index contributed by atoms with van der Waals surface area (Å²) >= 11 is 0. The van der Waals surface area contributed by atoms with E-state index in [1.807, 2.05) is 0 Å². The summed E-state index contributed by atoms with van der Waals surface area (Å²) in [5.41, 5.74) is 8.28. The number of benzene rings is 4. The molecule has 1 saturated carbocycles. The fourth-order valence-electron chi connectivity index (χ4n) is 5.10. The minimum atomic E-state index is 0.265. The Labute approximate surface area is 206 Å². The van der Waals surface area contributed by atoms with Gasteiger partial charge in [-0.15, -0.1) is 0 Å². The zero-order chi connectivity index (χ0) is 23.8. The van der Waals surface area contributed by atoms with Crippen LogP contribution in [-0.4, -0.2) is 7.05 Å². The summed E-state index contributed by atoms with van der Waals surface area (Å²) in [6.45, 7) is 4.21. The predicted molar refractivity (Wildman–Crippen MR) is 147 cm³/mol. The van der Waals surface area contributed by atoms with Gasteiger partial charge in [-0.3, -0.25) is 0 Å². The first kappa shape index (κ1) is 23.8. The van der Waals surface area contributed by atoms with Crippen molar-refractivity contribution in [2.45, 2.75) is 51.4 Å². The molecule has 0 heterocycles. The summed E-state index contributed by atoms with van der Waals surface area (Å²) in [4.78, 5) is 2.19. The lowest BCUT2D eigenvalue weighted by atomic mass is 9.65. The van der Waals surface area contributed by atoms with Gasteiger partial charge in [0.2, 0.25) is 0 Å². The monoisotopic (exact) mass is 447 g/mol. The van der Waals surface area contributed by atoms with Gasteiger partial charge < -0.3 is 4.90 Å². The molecule has 1 aliphatic carbocycles. The molecule has 1 nitrogen and oxygen atoms in total. The van der Waals surface area contributed by atoms with Gasteiger partial charge in [0.15, 0.2) is 0 Å². The minimum absolute atomic E-state index is 0.265. The van der Waals surface area contributed by atoms with Gasteiger partial charge >= 0.3 is 0 Å². The van der Waals surface area contributed by atoms with E-state index in [0.29, 0.717) is 0 Å². The maximum absolute atomic E-state index is 2.30. The number of rotatable bonds is 4. The number of nitrogens with zero attached hydrogens (tertiary/aromatic N) is 1. The van der Waals surface area contributed by atoms with Crippen LogP contribution in [0.5, 0.6) is 0 Å². The Kier molecular flexibility index (Phi) is 7.85. The van der Waals surface area contributed by atoms with Gasteiger partial charge in [0.1, 0.15) is 0 Å². The number of anilines is 2. The van der Waals surface area contributed by atoms with Crippen molar-refractivity contribution < 1.29 is 0 Å². The summed E-state index contributed by atoms with van der Waals surface area (Å²) in [6, 6.07) is 39.3. The van der Waals surface area contributed by atoms with Crippen LogP contribution in [0.2, 0.25) is 0 Å². The van der Waals surface area contributed by atoms with Gasteiger partial charge in [-0.1, -0.05) is 115 Å². The zero-order valence-corrected chi connectivity index (χ0v) is 20.9. The van der Waals surface area contributed by atoms with Crippen LogP contribution in [-0.2, 0) is 5.41 Å². The molecule has 34 heavy (non-hydrogen) atoms. The third-order valence-electron chi connectivity index (χ3n) is 7.20. The van der Waals surface area contributed by atoms with Crippen molar-refractivity contribution in [3.8, 4) is 0 Å². The number of aryl methyl sites for hydroxylation is 2. The van der Waals surface area contributed by atoms with Crippen molar-refractivity contribution in [2.75, 3.05) is 11.9 Å². The molecule has 1 aliphatic rings. The van der Waals surface area contributed by atoms with E-state index in [0.717, 1.165) is 0 Å². The molecular weight excluding hydrogens is 410 g/mol. The average Bonchev–Trinajstić information content (AvgIpc) is 2.91. The molecule has 0 amide bonds. The standard InChI is InChI=1S/C18H20.C15H17N/c1-4-10-16(11-5-1)18(14-8-3-9-15-18)17-12-6-2-7-13-17;1-12-4-8-14(9-5-12)16(3)15-10-6-13(2)7-11-15/h1-2,4-7,10-13H,3,8-9,14-15H2;4-11H,1-3H3. The highest BCUT2D eigenvalue weighted by Gasteiger charge is 2.35. The molecule has 1 fully saturated rings. The maximum atomic E-state index is 2.30. The Balaban J connectivity index is 0.000000162. The highest BCUT2D eigenvalue weighted by atomic mass is 15.1. The van der Waals surface area contributed by atoms with Crippen molar-refractivity contribution >= 4 is 11.4 Å². The Morgan fingerprint density at radius 2 is 0.882 bits per heavy atom. The van der Waals surface area contributed by atoms with Crippen molar-refractivity contribution in [1.29, 1.82) is 0 Å². The smallest absolute Gasteiger partial charge is 0.0408 e. The Morgan fingerprint density at radius 3 is 1.26 bits per heavy atom. The van der Waals surface area contributed by atoms with Crippen molar-refractivity contribution in [3.63, 3.8) is 0 Å². The Bertz CT molecular complexity index is 1040. The quantitative estimate of drug-likeness (QED) is 0.302. The largest absolute Gasteiger partial charge is 0.345 e. The molecule has 1 heteroatoms. The van der Waals surface area contributed by atoms with Crippen LogP contribution in [0, 0.1) is 13.8 Å². The van der Waals surface area contributed by atoms with Crippen LogP contribution < -0.4 is 4.90 Å². The van der Waals surface area contributed by atoms with Gasteiger partial charge in [-0.05, 0) is 62.1 Å². The van der Waals surface area contributed by atoms with E-state index in [9.17, 15) is 0 Å². The molecule has 0 saturated heterocycles. The lowest BCUT2D eigenvalue weighted by Gasteiger charge is -2.38. The van der Waals surface area contributed by atoms with Crippen molar-refractivity contribution in [3.05, 3.63) is 131 Å². The van der Waals surface area contributed by atoms with Crippen LogP contribution in [0.15, 0.2) is 109 Å². The Hall–Kier alpha value is -3.32. The summed E-state index contributed by atoms with van der Waals surface area (Å²) in [7, 11) is 2.09. The predicted octanol–water partition coefficient (Wildman–Crippen LogP) is 9.01. The number of hydrogen-bond acceptors (Lipinski definition) is 1. The molecule has 0 spiro atoms. The van der Waals surface area contributed by atoms with E-state index in [1.54, 1.807) is 0 Å². The average molecular weight is 448 g/mol. The highest BCUT2D eigenvalue weighted by Crippen LogP contribution is 2.44. The molecule has 0 bridgehead atoms. The highest BCUT2D eigenvalue weighted by molar-refractivity contribution is 5.62. The lowest BCUT2D eigenvalue weighted by Crippen LogP contribution is -2.30. The van der Waals surface area contributed by atoms with E-state index in [-0.39, 0.29) is 5.41 Å². The molecule has 5 rings (SSSR count). The first-order valence-corrected chi connectivity index (χ1v) is 12.6. The molecule has 0 atom stereocenters. The SMILES string of the molecule is Cc1ccc(N(C)c2ccc(C)cc2)cc1.c1ccc(C2(c3ccccc3)CCCCC2)cc1. The molecular formula is C33H37N. The topological polar surface area (TPSA) is 3.24 Å². The van der Waals surface area contributed by atoms with Crippen LogP contribution in [0.4, 0.5) is 11.4 Å². The van der Waals surface area contributed by atoms with Gasteiger partial charge in [-0.25, -0.2) is 0 Å². The summed E-state index contributed by atoms with van der Waals surface area (Å²) in [6.07, 6.45) is 6.68. The third-order valence-corrected chi connectivity index (χ3v) is 7.20. The van der Waals surface area contributed by atoms with Gasteiger partial charge in [-0.2, -0.15) is 0 Å². The molecule has 0 radical (unpaired) electrons. The van der Waals surface area contributed by atoms with E-state index in [4.69, 9.17) is 0 Å². The van der Waals surface area contributed by atoms with E-state index in [1.165, 1.54) is 65.7 Å². The fourth-order valence-corrected chi connectivity index (χ4v) is 5.10. The van der Waals surface area contributed by atoms with Crippen LogP contribution in [0.3, 0.4) is 0 Å². The Morgan fingerprint density at radius 1 is 0.500 bits per heavy atom. The molecule has 174 valence electrons. The second kappa shape index (κ2) is 11.2. The molecule has 0 N–H and O–H groups in total. The first-order valence-electron chi connectivity index (χ1n) is 12.6. The maximum Gasteiger partial charge on any atom is 0.0408 e. The zero-order valence-electron chi connectivity index (χ0n) is 20.9. The van der Waals surface area contributed by atoms with Crippen molar-refractivity contribution in [1.82, 2.24) is 0 Å². The first-order chi connectivity index (χ1) is 16.6. The number of hydrogen-bond donors (Lipinski definition) is 0. The van der Waals surface area contributed by atoms with Gasteiger partial charge in [0.25, 0.3) is 0 Å². The molecule has 0 unspecified atom stereocenters. The van der Waals surface area contributed by atoms with Crippen LogP contribution in [0.1, 0.15) is 54.4 Å². The second-order valence-corrected chi connectivity index (χ2v) is 9.60. The molecule has 4 aromatic carbocycles. The normalized spacial score (nSPS) is 14.6. The van der Waals surface area contributed by atoms with Crippen LogP contribution in [0.25, 0.3) is 0 Å².